The number of nitrogens with zero attached hydrogens (tertiary/aromatic N) is 2. The molecule has 0 spiro atoms. The van der Waals surface area contributed by atoms with Gasteiger partial charge in [0.1, 0.15) is 5.82 Å². The Kier molecular flexibility index (Phi) is 5.65. The molecule has 0 unspecified atom stereocenters. The number of piperidine rings is 1. The maximum absolute atomic E-state index is 13.8. The van der Waals surface area contributed by atoms with Crippen LogP contribution in [0, 0.1) is 11.7 Å². The molecule has 3 rings (SSSR count). The number of benzene rings is 1. The van der Waals surface area contributed by atoms with Crippen molar-refractivity contribution in [2.45, 2.75) is 45.1 Å². The number of hydrogen-bond donors (Lipinski definition) is 0. The van der Waals surface area contributed by atoms with E-state index in [1.807, 2.05) is 12.1 Å². The van der Waals surface area contributed by atoms with E-state index in [1.54, 1.807) is 6.07 Å². The molecule has 0 aliphatic carbocycles. The van der Waals surface area contributed by atoms with Gasteiger partial charge >= 0.3 is 0 Å². The summed E-state index contributed by atoms with van der Waals surface area (Å²) < 4.78 is 13.8. The van der Waals surface area contributed by atoms with E-state index < -0.39 is 0 Å². The van der Waals surface area contributed by atoms with Gasteiger partial charge in [0.05, 0.1) is 5.92 Å². The van der Waals surface area contributed by atoms with Crippen molar-refractivity contribution in [2.24, 2.45) is 5.92 Å². The van der Waals surface area contributed by atoms with Crippen LogP contribution in [0.2, 0.25) is 0 Å². The summed E-state index contributed by atoms with van der Waals surface area (Å²) in [4.78, 5) is 17.1. The molecule has 3 nitrogen and oxygen atoms in total. The Hall–Kier alpha value is -1.42. The van der Waals surface area contributed by atoms with Crippen molar-refractivity contribution in [1.29, 1.82) is 0 Å². The van der Waals surface area contributed by atoms with Crippen molar-refractivity contribution < 1.29 is 9.18 Å². The van der Waals surface area contributed by atoms with Crippen LogP contribution in [0.3, 0.4) is 0 Å². The molecular weight excluding hydrogens is 291 g/mol. The highest BCUT2D eigenvalue weighted by molar-refractivity contribution is 5.79. The second-order valence-corrected chi connectivity index (χ2v) is 6.91. The summed E-state index contributed by atoms with van der Waals surface area (Å²) in [5, 5.41) is 0. The van der Waals surface area contributed by atoms with Crippen molar-refractivity contribution in [3.8, 4) is 0 Å². The first-order valence-electron chi connectivity index (χ1n) is 8.98. The van der Waals surface area contributed by atoms with Crippen LogP contribution in [0.4, 0.5) is 4.39 Å². The summed E-state index contributed by atoms with van der Waals surface area (Å²) >= 11 is 0. The molecule has 0 saturated carbocycles. The molecule has 2 heterocycles. The molecule has 2 fully saturated rings. The van der Waals surface area contributed by atoms with Gasteiger partial charge < -0.3 is 4.90 Å². The molecule has 1 aromatic carbocycles. The highest BCUT2D eigenvalue weighted by atomic mass is 19.1. The molecule has 2 aliphatic heterocycles. The van der Waals surface area contributed by atoms with Crippen LogP contribution in [0.25, 0.3) is 0 Å². The molecule has 0 radical (unpaired) electrons. The monoisotopic (exact) mass is 318 g/mol. The van der Waals surface area contributed by atoms with Gasteiger partial charge in [-0.15, -0.1) is 0 Å². The van der Waals surface area contributed by atoms with Crippen molar-refractivity contribution in [1.82, 2.24) is 9.80 Å². The highest BCUT2D eigenvalue weighted by Gasteiger charge is 2.29. The molecule has 0 N–H and O–H groups in total. The second kappa shape index (κ2) is 7.91. The summed E-state index contributed by atoms with van der Waals surface area (Å²) in [6.07, 6.45) is 6.76. The minimum absolute atomic E-state index is 0.0913. The van der Waals surface area contributed by atoms with Gasteiger partial charge in [-0.05, 0) is 38.3 Å². The van der Waals surface area contributed by atoms with Crippen molar-refractivity contribution in [3.05, 3.63) is 35.6 Å². The van der Waals surface area contributed by atoms with E-state index in [1.165, 1.54) is 18.9 Å². The first kappa shape index (κ1) is 16.4. The molecule has 2 aliphatic rings. The summed E-state index contributed by atoms with van der Waals surface area (Å²) in [5.41, 5.74) is 0.732. The second-order valence-electron chi connectivity index (χ2n) is 6.91. The van der Waals surface area contributed by atoms with Gasteiger partial charge in [-0.25, -0.2) is 4.39 Å². The van der Waals surface area contributed by atoms with E-state index in [0.29, 0.717) is 12.5 Å². The van der Waals surface area contributed by atoms with E-state index in [-0.39, 0.29) is 11.7 Å². The zero-order valence-electron chi connectivity index (χ0n) is 13.8. The van der Waals surface area contributed by atoms with Crippen LogP contribution < -0.4 is 0 Å². The van der Waals surface area contributed by atoms with Crippen LogP contribution in [0.1, 0.15) is 44.1 Å². The van der Waals surface area contributed by atoms with Crippen LogP contribution in [0.15, 0.2) is 24.3 Å². The number of amides is 1. The van der Waals surface area contributed by atoms with E-state index in [9.17, 15) is 9.18 Å². The fraction of sp³-hybridized carbons (Fsp3) is 0.632. The van der Waals surface area contributed by atoms with Gasteiger partial charge in [-0.1, -0.05) is 31.0 Å². The standard InChI is InChI=1S/C19H27FN2O/c20-18-10-4-3-8-16(18)14-21-11-7-9-17(15-21)19(23)22-12-5-1-2-6-13-22/h3-4,8,10,17H,1-2,5-7,9,11-15H2/t17-/m0/s1. The first-order chi connectivity index (χ1) is 11.2. The van der Waals surface area contributed by atoms with Gasteiger partial charge in [0.15, 0.2) is 0 Å². The van der Waals surface area contributed by atoms with Crippen molar-refractivity contribution in [3.63, 3.8) is 0 Å². The number of rotatable bonds is 3. The maximum atomic E-state index is 13.8. The fourth-order valence-corrected chi connectivity index (χ4v) is 3.82. The molecule has 0 bridgehead atoms. The number of hydrogen-bond acceptors (Lipinski definition) is 2. The third kappa shape index (κ3) is 4.31. The normalized spacial score (nSPS) is 23.5. The Morgan fingerprint density at radius 3 is 2.52 bits per heavy atom. The predicted molar refractivity (Wildman–Crippen MR) is 89.4 cm³/mol. The van der Waals surface area contributed by atoms with Gasteiger partial charge in [0.25, 0.3) is 0 Å². The largest absolute Gasteiger partial charge is 0.342 e. The molecule has 126 valence electrons. The van der Waals surface area contributed by atoms with Gasteiger partial charge in [0.2, 0.25) is 5.91 Å². The molecule has 1 aromatic rings. The molecule has 1 atom stereocenters. The third-order valence-electron chi connectivity index (χ3n) is 5.12. The smallest absolute Gasteiger partial charge is 0.226 e. The molecule has 23 heavy (non-hydrogen) atoms. The minimum Gasteiger partial charge on any atom is -0.342 e. The van der Waals surface area contributed by atoms with Crippen LogP contribution in [0.5, 0.6) is 0 Å². The summed E-state index contributed by atoms with van der Waals surface area (Å²) in [6.45, 7) is 4.17. The Morgan fingerprint density at radius 1 is 1.04 bits per heavy atom. The topological polar surface area (TPSA) is 23.6 Å². The van der Waals surface area contributed by atoms with Gasteiger partial charge in [-0.3, -0.25) is 9.69 Å². The molecule has 4 heteroatoms. The van der Waals surface area contributed by atoms with E-state index in [2.05, 4.69) is 9.80 Å². The number of carbonyl (C=O) groups is 1. The van der Waals surface area contributed by atoms with Crippen LogP contribution in [-0.2, 0) is 11.3 Å². The van der Waals surface area contributed by atoms with Gasteiger partial charge in [0, 0.05) is 31.7 Å². The van der Waals surface area contributed by atoms with Crippen LogP contribution >= 0.6 is 0 Å². The minimum atomic E-state index is -0.145. The molecule has 2 saturated heterocycles. The molecule has 0 aromatic heterocycles. The average Bonchev–Trinajstić information content (AvgIpc) is 2.86. The SMILES string of the molecule is O=C([C@H]1CCCN(Cc2ccccc2F)C1)N1CCCCCC1. The summed E-state index contributed by atoms with van der Waals surface area (Å²) in [7, 11) is 0. The Labute approximate surface area is 138 Å². The predicted octanol–water partition coefficient (Wildman–Crippen LogP) is 3.44. The first-order valence-corrected chi connectivity index (χ1v) is 8.98. The van der Waals surface area contributed by atoms with Crippen LogP contribution in [-0.4, -0.2) is 41.9 Å². The lowest BCUT2D eigenvalue weighted by Gasteiger charge is -2.34. The van der Waals surface area contributed by atoms with E-state index in [0.717, 1.165) is 57.4 Å². The zero-order chi connectivity index (χ0) is 16.1. The Balaban J connectivity index is 1.59. The lowest BCUT2D eigenvalue weighted by Crippen LogP contribution is -2.45. The lowest BCUT2D eigenvalue weighted by molar-refractivity contribution is -0.137. The Morgan fingerprint density at radius 2 is 1.78 bits per heavy atom. The molecular formula is C19H27FN2O. The summed E-state index contributed by atoms with van der Waals surface area (Å²) in [5.74, 6) is 0.271. The zero-order valence-corrected chi connectivity index (χ0v) is 13.8. The van der Waals surface area contributed by atoms with Crippen molar-refractivity contribution in [2.75, 3.05) is 26.2 Å². The average molecular weight is 318 g/mol. The summed E-state index contributed by atoms with van der Waals surface area (Å²) in [6, 6.07) is 6.96. The highest BCUT2D eigenvalue weighted by Crippen LogP contribution is 2.23. The van der Waals surface area contributed by atoms with Crippen molar-refractivity contribution >= 4 is 5.91 Å². The quantitative estimate of drug-likeness (QED) is 0.852. The third-order valence-corrected chi connectivity index (χ3v) is 5.12. The molecule has 1 amide bonds. The van der Waals surface area contributed by atoms with E-state index >= 15 is 0 Å². The number of likely N-dealkylation sites (tertiary alicyclic amines) is 2. The fourth-order valence-electron chi connectivity index (χ4n) is 3.82. The van der Waals surface area contributed by atoms with E-state index in [4.69, 9.17) is 0 Å². The Bertz CT molecular complexity index is 526. The van der Waals surface area contributed by atoms with Gasteiger partial charge in [-0.2, -0.15) is 0 Å². The number of carbonyl (C=O) groups excluding carboxylic acids is 1. The maximum Gasteiger partial charge on any atom is 0.226 e. The number of halogens is 1. The lowest BCUT2D eigenvalue weighted by atomic mass is 9.96.